The number of rotatable bonds is 6. The number of imide groups is 1. The van der Waals surface area contributed by atoms with Crippen LogP contribution in [0.25, 0.3) is 0 Å². The number of carbonyl (C=O) groups excluding carboxylic acids is 2. The van der Waals surface area contributed by atoms with E-state index >= 15 is 0 Å². The van der Waals surface area contributed by atoms with E-state index in [2.05, 4.69) is 5.32 Å². The largest absolute Gasteiger partial charge is 0.497 e. The molecule has 0 atom stereocenters. The van der Waals surface area contributed by atoms with E-state index in [0.717, 1.165) is 4.90 Å². The number of amides is 2. The number of nitrogens with one attached hydrogen (secondary N) is 1. The van der Waals surface area contributed by atoms with Gasteiger partial charge in [0, 0.05) is 10.6 Å². The van der Waals surface area contributed by atoms with Crippen molar-refractivity contribution in [3.8, 4) is 5.75 Å². The van der Waals surface area contributed by atoms with Gasteiger partial charge in [-0.25, -0.2) is 4.90 Å². The van der Waals surface area contributed by atoms with Crippen LogP contribution in [0, 0.1) is 0 Å². The molecule has 0 bridgehead atoms. The summed E-state index contributed by atoms with van der Waals surface area (Å²) in [6.07, 6.45) is 0. The van der Waals surface area contributed by atoms with Crippen LogP contribution in [0.5, 0.6) is 5.75 Å². The van der Waals surface area contributed by atoms with Gasteiger partial charge in [-0.15, -0.1) is 0 Å². The quantitative estimate of drug-likeness (QED) is 0.607. The molecule has 1 aliphatic rings. The first-order valence-electron chi connectivity index (χ1n) is 8.99. The highest BCUT2D eigenvalue weighted by atomic mass is 32.2. The van der Waals surface area contributed by atoms with Gasteiger partial charge < -0.3 is 10.1 Å². The molecule has 0 aromatic heterocycles. The summed E-state index contributed by atoms with van der Waals surface area (Å²) >= 11 is 1.28. The average Bonchev–Trinajstić information content (AvgIpc) is 2.99. The third-order valence-corrected chi connectivity index (χ3v) is 5.47. The molecule has 4 rings (SSSR count). The zero-order chi connectivity index (χ0) is 20.2. The van der Waals surface area contributed by atoms with Crippen molar-refractivity contribution in [1.29, 1.82) is 0 Å². The monoisotopic (exact) mass is 402 g/mol. The second-order valence-corrected chi connectivity index (χ2v) is 7.34. The molecule has 3 aromatic rings. The molecule has 1 N–H and O–H groups in total. The van der Waals surface area contributed by atoms with E-state index < -0.39 is 0 Å². The number of hydrogen-bond donors (Lipinski definition) is 1. The first-order valence-corrected chi connectivity index (χ1v) is 9.81. The molecule has 0 spiro atoms. The Kier molecular flexibility index (Phi) is 5.35. The van der Waals surface area contributed by atoms with Crippen molar-refractivity contribution in [1.82, 2.24) is 0 Å². The van der Waals surface area contributed by atoms with Crippen molar-refractivity contribution in [2.75, 3.05) is 17.3 Å². The third kappa shape index (κ3) is 3.88. The van der Waals surface area contributed by atoms with Crippen molar-refractivity contribution in [2.24, 2.45) is 0 Å². The topological polar surface area (TPSA) is 58.6 Å². The Morgan fingerprint density at radius 3 is 2.03 bits per heavy atom. The molecule has 5 nitrogen and oxygen atoms in total. The Hall–Kier alpha value is -3.51. The van der Waals surface area contributed by atoms with Crippen LogP contribution in [0.2, 0.25) is 0 Å². The summed E-state index contributed by atoms with van der Waals surface area (Å²) in [7, 11) is 1.59. The zero-order valence-corrected chi connectivity index (χ0v) is 16.5. The lowest BCUT2D eigenvalue weighted by atomic mass is 10.2. The molecule has 0 aliphatic carbocycles. The van der Waals surface area contributed by atoms with Gasteiger partial charge in [0.05, 0.1) is 12.8 Å². The second-order valence-electron chi connectivity index (χ2n) is 6.25. The number of carbonyl (C=O) groups is 2. The van der Waals surface area contributed by atoms with E-state index in [-0.39, 0.29) is 17.5 Å². The summed E-state index contributed by atoms with van der Waals surface area (Å²) in [5, 5.41) is 3.13. The van der Waals surface area contributed by atoms with Gasteiger partial charge in [0.15, 0.2) is 0 Å². The number of ether oxygens (including phenoxy) is 1. The first kappa shape index (κ1) is 18.8. The Bertz CT molecular complexity index is 1060. The standard InChI is InChI=1S/C23H18N2O3S/c1-28-18-14-12-16(13-15-18)24-20-21(29-19-10-6-3-7-11-19)23(27)25(22(20)26)17-8-4-2-5-9-17/h2-15,24H,1H3. The van der Waals surface area contributed by atoms with Crippen LogP contribution < -0.4 is 15.0 Å². The smallest absolute Gasteiger partial charge is 0.283 e. The van der Waals surface area contributed by atoms with Crippen LogP contribution in [0.15, 0.2) is 100 Å². The number of para-hydroxylation sites is 1. The van der Waals surface area contributed by atoms with Crippen LogP contribution in [0.1, 0.15) is 0 Å². The van der Waals surface area contributed by atoms with E-state index in [4.69, 9.17) is 4.74 Å². The predicted molar refractivity (Wildman–Crippen MR) is 115 cm³/mol. The maximum absolute atomic E-state index is 13.2. The van der Waals surface area contributed by atoms with Gasteiger partial charge in [-0.2, -0.15) is 0 Å². The summed E-state index contributed by atoms with van der Waals surface area (Å²) in [6, 6.07) is 25.7. The molecule has 0 fully saturated rings. The molecular formula is C23H18N2O3S. The van der Waals surface area contributed by atoms with Crippen molar-refractivity contribution in [3.05, 3.63) is 95.5 Å². The second kappa shape index (κ2) is 8.24. The lowest BCUT2D eigenvalue weighted by Crippen LogP contribution is -2.32. The first-order chi connectivity index (χ1) is 14.2. The minimum Gasteiger partial charge on any atom is -0.497 e. The maximum atomic E-state index is 13.2. The number of nitrogens with zero attached hydrogens (tertiary/aromatic N) is 1. The molecule has 1 heterocycles. The molecule has 6 heteroatoms. The number of anilines is 2. The molecule has 1 aliphatic heterocycles. The predicted octanol–water partition coefficient (Wildman–Crippen LogP) is 4.68. The van der Waals surface area contributed by atoms with Crippen LogP contribution in [-0.2, 0) is 9.59 Å². The molecule has 0 saturated carbocycles. The molecular weight excluding hydrogens is 384 g/mol. The molecule has 0 radical (unpaired) electrons. The summed E-state index contributed by atoms with van der Waals surface area (Å²) in [5.74, 6) is -0.00957. The minimum atomic E-state index is -0.379. The number of methoxy groups -OCH3 is 1. The lowest BCUT2D eigenvalue weighted by molar-refractivity contribution is -0.120. The van der Waals surface area contributed by atoms with Crippen molar-refractivity contribution in [3.63, 3.8) is 0 Å². The number of thioether (sulfide) groups is 1. The Balaban J connectivity index is 1.72. The highest BCUT2D eigenvalue weighted by Crippen LogP contribution is 2.37. The van der Waals surface area contributed by atoms with Gasteiger partial charge in [-0.1, -0.05) is 48.2 Å². The maximum Gasteiger partial charge on any atom is 0.283 e. The molecule has 144 valence electrons. The van der Waals surface area contributed by atoms with Gasteiger partial charge in [0.2, 0.25) is 0 Å². The van der Waals surface area contributed by atoms with Gasteiger partial charge in [0.25, 0.3) is 11.8 Å². The van der Waals surface area contributed by atoms with E-state index in [0.29, 0.717) is 22.0 Å². The van der Waals surface area contributed by atoms with E-state index in [1.807, 2.05) is 36.4 Å². The molecule has 3 aromatic carbocycles. The van der Waals surface area contributed by atoms with Gasteiger partial charge >= 0.3 is 0 Å². The molecule has 0 saturated heterocycles. The lowest BCUT2D eigenvalue weighted by Gasteiger charge is -2.15. The van der Waals surface area contributed by atoms with Crippen LogP contribution in [0.4, 0.5) is 11.4 Å². The zero-order valence-electron chi connectivity index (χ0n) is 15.7. The molecule has 29 heavy (non-hydrogen) atoms. The summed E-state index contributed by atoms with van der Waals surface area (Å²) in [5.41, 5.74) is 1.50. The van der Waals surface area contributed by atoms with E-state index in [1.165, 1.54) is 16.7 Å². The Morgan fingerprint density at radius 2 is 1.41 bits per heavy atom. The van der Waals surface area contributed by atoms with E-state index in [9.17, 15) is 9.59 Å². The summed E-state index contributed by atoms with van der Waals surface area (Å²) in [4.78, 5) is 28.8. The fourth-order valence-electron chi connectivity index (χ4n) is 2.95. The van der Waals surface area contributed by atoms with Crippen LogP contribution >= 0.6 is 11.8 Å². The summed E-state index contributed by atoms with van der Waals surface area (Å²) < 4.78 is 5.18. The van der Waals surface area contributed by atoms with Crippen LogP contribution in [0.3, 0.4) is 0 Å². The minimum absolute atomic E-state index is 0.262. The Morgan fingerprint density at radius 1 is 0.793 bits per heavy atom. The van der Waals surface area contributed by atoms with Crippen molar-refractivity contribution < 1.29 is 14.3 Å². The highest BCUT2D eigenvalue weighted by Gasteiger charge is 2.40. The molecule has 0 unspecified atom stereocenters. The van der Waals surface area contributed by atoms with Gasteiger partial charge in [-0.05, 0) is 48.5 Å². The number of benzene rings is 3. The van der Waals surface area contributed by atoms with Crippen LogP contribution in [-0.4, -0.2) is 18.9 Å². The van der Waals surface area contributed by atoms with Gasteiger partial charge in [0.1, 0.15) is 16.4 Å². The Labute approximate surface area is 173 Å². The van der Waals surface area contributed by atoms with Gasteiger partial charge in [-0.3, -0.25) is 9.59 Å². The third-order valence-electron chi connectivity index (χ3n) is 4.38. The fraction of sp³-hybridized carbons (Fsp3) is 0.0435. The normalized spacial score (nSPS) is 13.8. The summed E-state index contributed by atoms with van der Waals surface area (Å²) in [6.45, 7) is 0. The van der Waals surface area contributed by atoms with E-state index in [1.54, 1.807) is 55.6 Å². The average molecular weight is 402 g/mol. The highest BCUT2D eigenvalue weighted by molar-refractivity contribution is 8.04. The SMILES string of the molecule is COc1ccc(NC2=C(Sc3ccccc3)C(=O)N(c3ccccc3)C2=O)cc1. The number of hydrogen-bond acceptors (Lipinski definition) is 5. The van der Waals surface area contributed by atoms with Crippen molar-refractivity contribution >= 4 is 35.0 Å². The molecule has 2 amide bonds. The fourth-order valence-corrected chi connectivity index (χ4v) is 3.90. The van der Waals surface area contributed by atoms with Crippen molar-refractivity contribution in [2.45, 2.75) is 4.90 Å².